The molecule has 1 heterocycles. The monoisotopic (exact) mass is 155 g/mol. The van der Waals surface area contributed by atoms with Gasteiger partial charge in [0.25, 0.3) is 5.56 Å². The highest BCUT2D eigenvalue weighted by atomic mass is 32.1. The van der Waals surface area contributed by atoms with Gasteiger partial charge in [-0.3, -0.25) is 4.79 Å². The molecule has 3 N–H and O–H groups in total. The fourth-order valence-corrected chi connectivity index (χ4v) is 0.623. The molecule has 0 aliphatic carbocycles. The molecular weight excluding hydrogens is 150 g/mol. The predicted octanol–water partition coefficient (Wildman–Crippen LogP) is -0.596. The van der Waals surface area contributed by atoms with Crippen LogP contribution in [0.1, 0.15) is 5.56 Å². The molecule has 10 heavy (non-hydrogen) atoms. The molecule has 0 fully saturated rings. The summed E-state index contributed by atoms with van der Waals surface area (Å²) < 4.78 is 0. The predicted molar refractivity (Wildman–Crippen MR) is 40.7 cm³/mol. The Morgan fingerprint density at radius 1 is 1.80 bits per heavy atom. The summed E-state index contributed by atoms with van der Waals surface area (Å²) in [7, 11) is 0. The van der Waals surface area contributed by atoms with Gasteiger partial charge < -0.3 is 5.73 Å². The minimum atomic E-state index is -0.301. The van der Waals surface area contributed by atoms with Gasteiger partial charge in [-0.25, -0.2) is 5.10 Å². The Morgan fingerprint density at radius 2 is 2.50 bits per heavy atom. The van der Waals surface area contributed by atoms with Crippen molar-refractivity contribution >= 4 is 17.2 Å². The second-order valence-electron chi connectivity index (χ2n) is 1.70. The zero-order chi connectivity index (χ0) is 7.56. The van der Waals surface area contributed by atoms with E-state index in [2.05, 4.69) is 22.4 Å². The molecule has 1 rings (SSSR count). The third-order valence-corrected chi connectivity index (χ3v) is 1.19. The molecule has 0 bridgehead atoms. The summed E-state index contributed by atoms with van der Waals surface area (Å²) in [6.07, 6.45) is 1.41. The Morgan fingerprint density at radius 3 is 2.90 bits per heavy atom. The van der Waals surface area contributed by atoms with Gasteiger partial charge in [0, 0.05) is 11.6 Å². The van der Waals surface area contributed by atoms with E-state index in [9.17, 15) is 4.79 Å². The summed E-state index contributed by atoms with van der Waals surface area (Å²) in [5.74, 6) is 0. The Balaban J connectivity index is 3.20. The Kier molecular flexibility index (Phi) is 1.77. The lowest BCUT2D eigenvalue weighted by atomic mass is 10.3. The summed E-state index contributed by atoms with van der Waals surface area (Å²) >= 11 is 4.61. The molecular formula is C5H5N3OS. The summed E-state index contributed by atoms with van der Waals surface area (Å²) in [5.41, 5.74) is 5.41. The zero-order valence-corrected chi connectivity index (χ0v) is 5.81. The van der Waals surface area contributed by atoms with Crippen LogP contribution in [0, 0.1) is 0 Å². The molecule has 0 amide bonds. The average Bonchev–Trinajstić information content (AvgIpc) is 1.88. The van der Waals surface area contributed by atoms with Crippen molar-refractivity contribution in [3.05, 3.63) is 28.2 Å². The number of hydrogen-bond acceptors (Lipinski definition) is 3. The molecule has 0 saturated carbocycles. The molecule has 1 aromatic rings. The first-order valence-electron chi connectivity index (χ1n) is 2.54. The number of nitrogens with zero attached hydrogens (tertiary/aromatic N) is 1. The van der Waals surface area contributed by atoms with Crippen molar-refractivity contribution in [3.8, 4) is 0 Å². The summed E-state index contributed by atoms with van der Waals surface area (Å²) in [4.78, 5) is 10.7. The summed E-state index contributed by atoms with van der Waals surface area (Å²) in [6, 6.07) is 1.30. The molecule has 0 aliphatic rings. The zero-order valence-electron chi connectivity index (χ0n) is 5.00. The van der Waals surface area contributed by atoms with Gasteiger partial charge in [0.05, 0.1) is 6.20 Å². The van der Waals surface area contributed by atoms with Crippen LogP contribution in [0.15, 0.2) is 17.1 Å². The van der Waals surface area contributed by atoms with Gasteiger partial charge in [0.2, 0.25) is 0 Å². The van der Waals surface area contributed by atoms with E-state index in [-0.39, 0.29) is 10.5 Å². The van der Waals surface area contributed by atoms with Crippen molar-refractivity contribution < 1.29 is 0 Å². The van der Waals surface area contributed by atoms with Gasteiger partial charge in [0.15, 0.2) is 0 Å². The number of nitrogens with two attached hydrogens (primary N) is 1. The lowest BCUT2D eigenvalue weighted by molar-refractivity contribution is 0.985. The fraction of sp³-hybridized carbons (Fsp3) is 0. The maximum absolute atomic E-state index is 10.6. The van der Waals surface area contributed by atoms with Crippen LogP contribution < -0.4 is 11.3 Å². The van der Waals surface area contributed by atoms with Crippen LogP contribution in [0.3, 0.4) is 0 Å². The van der Waals surface area contributed by atoms with E-state index in [1.807, 2.05) is 0 Å². The van der Waals surface area contributed by atoms with Gasteiger partial charge >= 0.3 is 0 Å². The van der Waals surface area contributed by atoms with Crippen molar-refractivity contribution in [3.63, 3.8) is 0 Å². The lowest BCUT2D eigenvalue weighted by Gasteiger charge is -1.91. The molecule has 5 heteroatoms. The molecule has 0 spiro atoms. The third-order valence-electron chi connectivity index (χ3n) is 0.949. The molecule has 0 radical (unpaired) electrons. The molecule has 0 unspecified atom stereocenters. The Labute approximate surface area is 62.1 Å². The second kappa shape index (κ2) is 2.57. The Hall–Kier alpha value is -1.23. The van der Waals surface area contributed by atoms with Crippen LogP contribution in [0.5, 0.6) is 0 Å². The van der Waals surface area contributed by atoms with Crippen LogP contribution in [-0.2, 0) is 0 Å². The smallest absolute Gasteiger partial charge is 0.264 e. The number of aromatic nitrogens is 2. The molecule has 0 saturated heterocycles. The van der Waals surface area contributed by atoms with Gasteiger partial charge in [-0.2, -0.15) is 5.10 Å². The van der Waals surface area contributed by atoms with E-state index >= 15 is 0 Å². The highest BCUT2D eigenvalue weighted by Crippen LogP contribution is 1.87. The van der Waals surface area contributed by atoms with E-state index in [1.165, 1.54) is 12.3 Å². The minimum Gasteiger partial charge on any atom is -0.389 e. The van der Waals surface area contributed by atoms with Gasteiger partial charge in [-0.15, -0.1) is 0 Å². The van der Waals surface area contributed by atoms with Crippen molar-refractivity contribution in [1.29, 1.82) is 0 Å². The van der Waals surface area contributed by atoms with Crippen molar-refractivity contribution in [1.82, 2.24) is 10.2 Å². The number of hydrogen-bond donors (Lipinski definition) is 2. The number of thiocarbonyl (C=S) groups is 1. The maximum atomic E-state index is 10.6. The number of rotatable bonds is 1. The summed E-state index contributed by atoms with van der Waals surface area (Å²) in [5, 5.41) is 5.71. The fourth-order valence-electron chi connectivity index (χ4n) is 0.511. The van der Waals surface area contributed by atoms with E-state index in [0.29, 0.717) is 5.56 Å². The molecule has 0 aliphatic heterocycles. The molecule has 4 nitrogen and oxygen atoms in total. The van der Waals surface area contributed by atoms with Crippen LogP contribution in [0.4, 0.5) is 0 Å². The lowest BCUT2D eigenvalue weighted by Crippen LogP contribution is -2.15. The molecule has 1 aromatic heterocycles. The number of nitrogens with one attached hydrogen (secondary N) is 1. The first-order valence-corrected chi connectivity index (χ1v) is 2.95. The Bertz CT molecular complexity index is 306. The molecule has 0 aromatic carbocycles. The largest absolute Gasteiger partial charge is 0.389 e. The van der Waals surface area contributed by atoms with E-state index in [4.69, 9.17) is 5.73 Å². The van der Waals surface area contributed by atoms with Crippen LogP contribution in [0.2, 0.25) is 0 Å². The van der Waals surface area contributed by atoms with Crippen molar-refractivity contribution in [2.45, 2.75) is 0 Å². The SMILES string of the molecule is NC(=S)c1cn[nH]c(=O)c1. The first-order chi connectivity index (χ1) is 4.70. The number of H-pyrrole nitrogens is 1. The molecule has 52 valence electrons. The van der Waals surface area contributed by atoms with E-state index in [0.717, 1.165) is 0 Å². The summed E-state index contributed by atoms with van der Waals surface area (Å²) in [6.45, 7) is 0. The quantitative estimate of drug-likeness (QED) is 0.531. The van der Waals surface area contributed by atoms with Crippen LogP contribution >= 0.6 is 12.2 Å². The molecule has 0 atom stereocenters. The van der Waals surface area contributed by atoms with Crippen LogP contribution in [-0.4, -0.2) is 15.2 Å². The highest BCUT2D eigenvalue weighted by molar-refractivity contribution is 7.80. The van der Waals surface area contributed by atoms with Gasteiger partial charge in [-0.1, -0.05) is 12.2 Å². The minimum absolute atomic E-state index is 0.179. The van der Waals surface area contributed by atoms with Crippen molar-refractivity contribution in [2.24, 2.45) is 5.73 Å². The van der Waals surface area contributed by atoms with E-state index in [1.54, 1.807) is 0 Å². The van der Waals surface area contributed by atoms with E-state index < -0.39 is 0 Å². The maximum Gasteiger partial charge on any atom is 0.264 e. The topological polar surface area (TPSA) is 71.8 Å². The number of aromatic amines is 1. The third kappa shape index (κ3) is 1.38. The van der Waals surface area contributed by atoms with Crippen molar-refractivity contribution in [2.75, 3.05) is 0 Å². The van der Waals surface area contributed by atoms with Gasteiger partial charge in [0.1, 0.15) is 4.99 Å². The van der Waals surface area contributed by atoms with Gasteiger partial charge in [-0.05, 0) is 0 Å². The normalized spacial score (nSPS) is 9.20. The first kappa shape index (κ1) is 6.88. The average molecular weight is 155 g/mol. The van der Waals surface area contributed by atoms with Crippen LogP contribution in [0.25, 0.3) is 0 Å². The second-order valence-corrected chi connectivity index (χ2v) is 2.14. The standard InChI is InChI=1S/C5H5N3OS/c6-5(10)3-1-4(9)8-7-2-3/h1-2H,(H2,6,10)(H,8,9). The highest BCUT2D eigenvalue weighted by Gasteiger charge is 1.94.